The molecule has 8 atom stereocenters. The summed E-state index contributed by atoms with van der Waals surface area (Å²) >= 11 is 0. The fraction of sp³-hybridized carbons (Fsp3) is 0.815. The zero-order valence-electron chi connectivity index (χ0n) is 21.3. The molecule has 0 amide bonds. The zero-order valence-corrected chi connectivity index (χ0v) is 21.3. The smallest absolute Gasteiger partial charge is 0.308 e. The second-order valence-electron chi connectivity index (χ2n) is 10.7. The van der Waals surface area contributed by atoms with Crippen LogP contribution in [0.4, 0.5) is 0 Å². The lowest BCUT2D eigenvalue weighted by atomic mass is 9.58. The van der Waals surface area contributed by atoms with Gasteiger partial charge in [0, 0.05) is 18.8 Å². The van der Waals surface area contributed by atoms with Crippen LogP contribution in [0, 0.1) is 41.4 Å². The third-order valence-corrected chi connectivity index (χ3v) is 7.70. The molecule has 0 spiro atoms. The third-order valence-electron chi connectivity index (χ3n) is 7.70. The quantitative estimate of drug-likeness (QED) is 0.351. The Morgan fingerprint density at radius 2 is 1.79 bits per heavy atom. The van der Waals surface area contributed by atoms with Crippen molar-refractivity contribution in [2.24, 2.45) is 41.4 Å². The number of methoxy groups -OCH3 is 1. The van der Waals surface area contributed by atoms with Crippen LogP contribution in [0.2, 0.25) is 0 Å². The van der Waals surface area contributed by atoms with Crippen LogP contribution in [0.25, 0.3) is 0 Å². The van der Waals surface area contributed by atoms with Gasteiger partial charge in [-0.15, -0.1) is 0 Å². The number of fused-ring (bicyclic) bond motifs is 1. The Labute approximate surface area is 199 Å². The number of allylic oxidation sites excluding steroid dienone is 2. The highest BCUT2D eigenvalue weighted by atomic mass is 16.5. The second kappa shape index (κ2) is 12.7. The van der Waals surface area contributed by atoms with Gasteiger partial charge in [-0.05, 0) is 55.3 Å². The topological polar surface area (TPSA) is 89.9 Å². The van der Waals surface area contributed by atoms with Gasteiger partial charge in [-0.1, -0.05) is 46.8 Å². The Morgan fingerprint density at radius 3 is 2.39 bits per heavy atom. The van der Waals surface area contributed by atoms with Crippen LogP contribution in [0.3, 0.4) is 0 Å². The summed E-state index contributed by atoms with van der Waals surface area (Å²) < 4.78 is 10.7. The lowest BCUT2D eigenvalue weighted by Crippen LogP contribution is -2.47. The van der Waals surface area contributed by atoms with Gasteiger partial charge in [-0.3, -0.25) is 14.4 Å². The van der Waals surface area contributed by atoms with Crippen LogP contribution in [0.1, 0.15) is 79.6 Å². The van der Waals surface area contributed by atoms with E-state index >= 15 is 0 Å². The maximum atomic E-state index is 12.7. The van der Waals surface area contributed by atoms with E-state index in [4.69, 9.17) is 4.74 Å². The predicted octanol–water partition coefficient (Wildman–Crippen LogP) is 4.73. The molecule has 6 heteroatoms. The Balaban J connectivity index is 2.15. The van der Waals surface area contributed by atoms with Crippen molar-refractivity contribution in [1.82, 2.24) is 0 Å². The average molecular weight is 465 g/mol. The van der Waals surface area contributed by atoms with E-state index in [9.17, 15) is 19.5 Å². The molecular formula is C27H44O6. The van der Waals surface area contributed by atoms with E-state index in [1.54, 1.807) is 0 Å². The molecule has 33 heavy (non-hydrogen) atoms. The number of hydrogen-bond donors (Lipinski definition) is 1. The van der Waals surface area contributed by atoms with E-state index < -0.39 is 12.1 Å². The van der Waals surface area contributed by atoms with Crippen LogP contribution in [-0.2, 0) is 23.9 Å². The van der Waals surface area contributed by atoms with Crippen molar-refractivity contribution in [2.45, 2.75) is 91.8 Å². The first kappa shape index (κ1) is 27.6. The van der Waals surface area contributed by atoms with Crippen molar-refractivity contribution in [1.29, 1.82) is 0 Å². The van der Waals surface area contributed by atoms with Crippen LogP contribution in [0.15, 0.2) is 12.2 Å². The summed E-state index contributed by atoms with van der Waals surface area (Å²) in [5.74, 6) is 1.22. The molecule has 1 unspecified atom stereocenters. The molecule has 0 aromatic rings. The molecule has 0 aromatic carbocycles. The summed E-state index contributed by atoms with van der Waals surface area (Å²) in [4.78, 5) is 36.7. The number of rotatable bonds is 11. The molecule has 0 radical (unpaired) electrons. The largest absolute Gasteiger partial charge is 0.469 e. The van der Waals surface area contributed by atoms with Crippen LogP contribution >= 0.6 is 0 Å². The van der Waals surface area contributed by atoms with Crippen molar-refractivity contribution in [3.63, 3.8) is 0 Å². The van der Waals surface area contributed by atoms with E-state index in [1.165, 1.54) is 7.11 Å². The van der Waals surface area contributed by atoms with Crippen LogP contribution < -0.4 is 0 Å². The molecule has 2 rings (SSSR count). The fourth-order valence-electron chi connectivity index (χ4n) is 5.72. The Kier molecular flexibility index (Phi) is 10.6. The van der Waals surface area contributed by atoms with Crippen molar-refractivity contribution >= 4 is 17.7 Å². The van der Waals surface area contributed by atoms with Gasteiger partial charge < -0.3 is 14.6 Å². The average Bonchev–Trinajstić information content (AvgIpc) is 2.75. The monoisotopic (exact) mass is 464 g/mol. The van der Waals surface area contributed by atoms with Crippen LogP contribution in [-0.4, -0.2) is 42.1 Å². The van der Waals surface area contributed by atoms with Gasteiger partial charge in [0.05, 0.1) is 25.6 Å². The van der Waals surface area contributed by atoms with Crippen molar-refractivity contribution in [3.05, 3.63) is 12.2 Å². The molecule has 2 aliphatic rings. The van der Waals surface area contributed by atoms with Gasteiger partial charge >= 0.3 is 11.9 Å². The second-order valence-corrected chi connectivity index (χ2v) is 10.7. The molecule has 1 saturated carbocycles. The van der Waals surface area contributed by atoms with Crippen molar-refractivity contribution in [3.8, 4) is 0 Å². The SMILES string of the molecule is CCC(C)C(=O)O[C@H]1C[C@@H](C)C[C@@H]2C=C[C@H](C(C)C)[C@H](CCC(=O)C[C@@H](O)CC(=O)OC)[C@@H]12. The molecule has 0 saturated heterocycles. The number of Topliss-reactive ketones (excluding diaryl/α,β-unsaturated/α-hetero) is 1. The molecule has 0 aliphatic heterocycles. The number of ether oxygens (including phenoxy) is 2. The van der Waals surface area contributed by atoms with E-state index in [0.29, 0.717) is 36.5 Å². The lowest BCUT2D eigenvalue weighted by Gasteiger charge is -2.49. The maximum Gasteiger partial charge on any atom is 0.308 e. The van der Waals surface area contributed by atoms with E-state index in [1.807, 2.05) is 13.8 Å². The highest BCUT2D eigenvalue weighted by Gasteiger charge is 2.46. The van der Waals surface area contributed by atoms with Gasteiger partial charge in [-0.2, -0.15) is 0 Å². The minimum Gasteiger partial charge on any atom is -0.469 e. The Bertz CT molecular complexity index is 699. The summed E-state index contributed by atoms with van der Waals surface area (Å²) in [5.41, 5.74) is 0. The standard InChI is InChI=1S/C27H44O6/c1-7-18(5)27(31)33-24-13-17(4)12-19-8-10-22(16(2)3)23(26(19)24)11-9-20(28)14-21(29)15-25(30)32-6/h8,10,16-19,21-24,26,29H,7,9,11-15H2,1-6H3/t17-,18?,19-,21+,22+,23-,24-,26-/m0/s1. The van der Waals surface area contributed by atoms with Gasteiger partial charge in [-0.25, -0.2) is 0 Å². The maximum absolute atomic E-state index is 12.7. The molecule has 1 N–H and O–H groups in total. The number of carbonyl (C=O) groups excluding carboxylic acids is 3. The molecule has 1 fully saturated rings. The van der Waals surface area contributed by atoms with Gasteiger partial charge in [0.2, 0.25) is 0 Å². The number of aliphatic hydroxyl groups excluding tert-OH is 1. The number of aliphatic hydroxyl groups is 1. The first-order chi connectivity index (χ1) is 15.6. The number of carbonyl (C=O) groups is 3. The van der Waals surface area contributed by atoms with Gasteiger partial charge in [0.1, 0.15) is 11.9 Å². The fourth-order valence-corrected chi connectivity index (χ4v) is 5.72. The highest BCUT2D eigenvalue weighted by molar-refractivity contribution is 5.80. The third kappa shape index (κ3) is 7.66. The molecular weight excluding hydrogens is 420 g/mol. The van der Waals surface area contributed by atoms with E-state index in [2.05, 4.69) is 37.7 Å². The zero-order chi connectivity index (χ0) is 24.7. The Morgan fingerprint density at radius 1 is 1.09 bits per heavy atom. The molecule has 0 bridgehead atoms. The van der Waals surface area contributed by atoms with Gasteiger partial charge in [0.15, 0.2) is 0 Å². The normalized spacial score (nSPS) is 30.9. The Hall–Kier alpha value is -1.69. The number of ketones is 1. The van der Waals surface area contributed by atoms with Crippen molar-refractivity contribution in [2.75, 3.05) is 7.11 Å². The molecule has 0 heterocycles. The summed E-state index contributed by atoms with van der Waals surface area (Å²) in [6.45, 7) is 10.6. The number of esters is 2. The lowest BCUT2D eigenvalue weighted by molar-refractivity contribution is -0.164. The van der Waals surface area contributed by atoms with E-state index in [0.717, 1.165) is 19.3 Å². The molecule has 6 nitrogen and oxygen atoms in total. The van der Waals surface area contributed by atoms with E-state index in [-0.39, 0.29) is 48.5 Å². The predicted molar refractivity (Wildman–Crippen MR) is 127 cm³/mol. The van der Waals surface area contributed by atoms with Gasteiger partial charge in [0.25, 0.3) is 0 Å². The number of hydrogen-bond acceptors (Lipinski definition) is 6. The summed E-state index contributed by atoms with van der Waals surface area (Å²) in [5, 5.41) is 10.0. The first-order valence-corrected chi connectivity index (χ1v) is 12.7. The summed E-state index contributed by atoms with van der Waals surface area (Å²) in [6.07, 6.45) is 7.05. The minimum absolute atomic E-state index is 0.0401. The van der Waals surface area contributed by atoms with Crippen LogP contribution in [0.5, 0.6) is 0 Å². The minimum atomic E-state index is -1.01. The summed E-state index contributed by atoms with van der Waals surface area (Å²) in [7, 11) is 1.27. The molecule has 188 valence electrons. The first-order valence-electron chi connectivity index (χ1n) is 12.7. The molecule has 0 aromatic heterocycles. The highest BCUT2D eigenvalue weighted by Crippen LogP contribution is 2.49. The van der Waals surface area contributed by atoms with Crippen molar-refractivity contribution < 1.29 is 29.0 Å². The molecule has 2 aliphatic carbocycles. The summed E-state index contributed by atoms with van der Waals surface area (Å²) in [6, 6.07) is 0.